The largest absolute Gasteiger partial charge is 0.388 e. The molecule has 14 heavy (non-hydrogen) atoms. The van der Waals surface area contributed by atoms with Crippen LogP contribution >= 0.6 is 11.3 Å². The van der Waals surface area contributed by atoms with Crippen LogP contribution in [0.4, 0.5) is 0 Å². The average Bonchev–Trinajstić information content (AvgIpc) is 2.62. The number of aryl methyl sites for hydroxylation is 1. The highest BCUT2D eigenvalue weighted by atomic mass is 32.1. The van der Waals surface area contributed by atoms with Gasteiger partial charge in [0.15, 0.2) is 5.78 Å². The fourth-order valence-corrected chi connectivity index (χ4v) is 3.11. The molecule has 1 N–H and O–H groups in total. The molecule has 1 aliphatic rings. The summed E-state index contributed by atoms with van der Waals surface area (Å²) in [5, 5.41) is 9.72. The second-order valence-electron chi connectivity index (χ2n) is 3.67. The van der Waals surface area contributed by atoms with Gasteiger partial charge < -0.3 is 5.11 Å². The Bertz CT molecular complexity index is 354. The molecule has 1 aromatic rings. The third-order valence-corrected chi connectivity index (χ3v) is 3.93. The molecule has 0 radical (unpaired) electrons. The minimum atomic E-state index is -0.339. The van der Waals surface area contributed by atoms with E-state index in [1.54, 1.807) is 11.3 Å². The number of hydrogen-bond acceptors (Lipinski definition) is 3. The number of hydrogen-bond donors (Lipinski definition) is 1. The minimum Gasteiger partial charge on any atom is -0.388 e. The maximum atomic E-state index is 11.5. The van der Waals surface area contributed by atoms with E-state index in [4.69, 9.17) is 0 Å². The number of carbonyl (C=O) groups excluding carboxylic acids is 1. The second kappa shape index (κ2) is 3.83. The minimum absolute atomic E-state index is 0.191. The molecule has 1 heterocycles. The molecule has 0 fully saturated rings. The Morgan fingerprint density at radius 1 is 1.71 bits per heavy atom. The molecule has 1 atom stereocenters. The van der Waals surface area contributed by atoms with Crippen LogP contribution in [0.2, 0.25) is 0 Å². The third-order valence-electron chi connectivity index (χ3n) is 2.68. The zero-order chi connectivity index (χ0) is 10.1. The van der Waals surface area contributed by atoms with E-state index in [0.29, 0.717) is 6.42 Å². The zero-order valence-corrected chi connectivity index (χ0v) is 9.06. The number of ketones is 1. The van der Waals surface area contributed by atoms with E-state index < -0.39 is 0 Å². The quantitative estimate of drug-likeness (QED) is 0.762. The summed E-state index contributed by atoms with van der Waals surface area (Å²) in [5.74, 6) is 0.191. The van der Waals surface area contributed by atoms with Crippen LogP contribution in [0.25, 0.3) is 0 Å². The first-order valence-electron chi connectivity index (χ1n) is 5.06. The van der Waals surface area contributed by atoms with Gasteiger partial charge in [0.2, 0.25) is 0 Å². The van der Waals surface area contributed by atoms with Gasteiger partial charge >= 0.3 is 0 Å². The highest BCUT2D eigenvalue weighted by Crippen LogP contribution is 2.35. The van der Waals surface area contributed by atoms with Crippen molar-refractivity contribution in [1.82, 2.24) is 0 Å². The highest BCUT2D eigenvalue weighted by Gasteiger charge is 2.22. The van der Waals surface area contributed by atoms with Gasteiger partial charge in [-0.15, -0.1) is 11.3 Å². The predicted molar refractivity (Wildman–Crippen MR) is 56.8 cm³/mol. The van der Waals surface area contributed by atoms with Crippen molar-refractivity contribution in [2.45, 2.75) is 38.7 Å². The van der Waals surface area contributed by atoms with Gasteiger partial charge in [-0.1, -0.05) is 6.92 Å². The van der Waals surface area contributed by atoms with E-state index in [9.17, 15) is 9.90 Å². The van der Waals surface area contributed by atoms with E-state index in [1.807, 2.05) is 13.0 Å². The van der Waals surface area contributed by atoms with Crippen molar-refractivity contribution in [3.8, 4) is 0 Å². The van der Waals surface area contributed by atoms with Crippen molar-refractivity contribution in [3.63, 3.8) is 0 Å². The molecule has 1 unspecified atom stereocenters. The number of Topliss-reactive ketones (excluding diaryl/α,β-unsaturated/α-hetero) is 1. The molecule has 0 spiro atoms. The summed E-state index contributed by atoms with van der Waals surface area (Å²) in [4.78, 5) is 13.5. The first-order valence-corrected chi connectivity index (χ1v) is 5.88. The summed E-state index contributed by atoms with van der Waals surface area (Å²) in [6, 6.07) is 1.88. The molecule has 0 saturated carbocycles. The smallest absolute Gasteiger partial charge is 0.172 e. The number of fused-ring (bicyclic) bond motifs is 1. The standard InChI is InChI=1S/C11H14O2S/c1-2-8(12)11-6-7-9(13)4-3-5-10(7)14-11/h6,9,13H,2-5H2,1H3. The van der Waals surface area contributed by atoms with Crippen LogP contribution in [0.1, 0.15) is 52.4 Å². The average molecular weight is 210 g/mol. The van der Waals surface area contributed by atoms with Crippen LogP contribution in [0.15, 0.2) is 6.07 Å². The predicted octanol–water partition coefficient (Wildman–Crippen LogP) is 2.71. The molecule has 0 aliphatic heterocycles. The molecular weight excluding hydrogens is 196 g/mol. The third kappa shape index (κ3) is 1.62. The van der Waals surface area contributed by atoms with Crippen molar-refractivity contribution in [3.05, 3.63) is 21.4 Å². The number of rotatable bonds is 2. The maximum absolute atomic E-state index is 11.5. The lowest BCUT2D eigenvalue weighted by Crippen LogP contribution is -2.05. The van der Waals surface area contributed by atoms with Gasteiger partial charge in [0.25, 0.3) is 0 Å². The Labute approximate surface area is 87.6 Å². The Balaban J connectivity index is 2.35. The highest BCUT2D eigenvalue weighted by molar-refractivity contribution is 7.14. The number of carbonyl (C=O) groups is 1. The van der Waals surface area contributed by atoms with Gasteiger partial charge in [0.1, 0.15) is 0 Å². The molecule has 0 amide bonds. The SMILES string of the molecule is CCC(=O)c1cc2c(s1)CCCC2O. The van der Waals surface area contributed by atoms with Gasteiger partial charge in [-0.25, -0.2) is 0 Å². The lowest BCUT2D eigenvalue weighted by molar-refractivity contribution is 0.0992. The van der Waals surface area contributed by atoms with Gasteiger partial charge in [-0.3, -0.25) is 4.79 Å². The molecule has 76 valence electrons. The monoisotopic (exact) mass is 210 g/mol. The normalized spacial score (nSPS) is 20.6. The number of aliphatic hydroxyl groups is 1. The van der Waals surface area contributed by atoms with Crippen molar-refractivity contribution < 1.29 is 9.90 Å². The summed E-state index contributed by atoms with van der Waals surface area (Å²) < 4.78 is 0. The van der Waals surface area contributed by atoms with Gasteiger partial charge in [0, 0.05) is 11.3 Å². The molecule has 0 aromatic carbocycles. The molecule has 3 heteroatoms. The van der Waals surface area contributed by atoms with Gasteiger partial charge in [-0.05, 0) is 30.9 Å². The topological polar surface area (TPSA) is 37.3 Å². The van der Waals surface area contributed by atoms with E-state index in [1.165, 1.54) is 4.88 Å². The Morgan fingerprint density at radius 2 is 2.50 bits per heavy atom. The summed E-state index contributed by atoms with van der Waals surface area (Å²) in [6.07, 6.45) is 3.11. The van der Waals surface area contributed by atoms with Gasteiger partial charge in [0.05, 0.1) is 11.0 Å². The summed E-state index contributed by atoms with van der Waals surface area (Å²) in [7, 11) is 0. The second-order valence-corrected chi connectivity index (χ2v) is 4.81. The van der Waals surface area contributed by atoms with E-state index in [2.05, 4.69) is 0 Å². The molecular formula is C11H14O2S. The summed E-state index contributed by atoms with van der Waals surface area (Å²) in [6.45, 7) is 1.87. The van der Waals surface area contributed by atoms with Crippen molar-refractivity contribution in [2.75, 3.05) is 0 Å². The lowest BCUT2D eigenvalue weighted by Gasteiger charge is -2.16. The van der Waals surface area contributed by atoms with E-state index >= 15 is 0 Å². The number of thiophene rings is 1. The van der Waals surface area contributed by atoms with Crippen molar-refractivity contribution in [2.24, 2.45) is 0 Å². The Morgan fingerprint density at radius 3 is 3.14 bits per heavy atom. The van der Waals surface area contributed by atoms with E-state index in [0.717, 1.165) is 29.7 Å². The molecule has 0 bridgehead atoms. The molecule has 2 nitrogen and oxygen atoms in total. The van der Waals surface area contributed by atoms with Crippen LogP contribution < -0.4 is 0 Å². The zero-order valence-electron chi connectivity index (χ0n) is 8.25. The summed E-state index contributed by atoms with van der Waals surface area (Å²) >= 11 is 1.56. The van der Waals surface area contributed by atoms with Crippen LogP contribution in [0.3, 0.4) is 0 Å². The van der Waals surface area contributed by atoms with Gasteiger partial charge in [-0.2, -0.15) is 0 Å². The molecule has 2 rings (SSSR count). The van der Waals surface area contributed by atoms with Crippen LogP contribution in [-0.4, -0.2) is 10.9 Å². The molecule has 0 saturated heterocycles. The molecule has 1 aliphatic carbocycles. The Kier molecular flexibility index (Phi) is 2.70. The van der Waals surface area contributed by atoms with Crippen LogP contribution in [-0.2, 0) is 6.42 Å². The fourth-order valence-electron chi connectivity index (χ4n) is 1.84. The fraction of sp³-hybridized carbons (Fsp3) is 0.545. The van der Waals surface area contributed by atoms with Crippen molar-refractivity contribution >= 4 is 17.1 Å². The van der Waals surface area contributed by atoms with Crippen LogP contribution in [0.5, 0.6) is 0 Å². The Hall–Kier alpha value is -0.670. The first-order chi connectivity index (χ1) is 6.72. The van der Waals surface area contributed by atoms with Crippen molar-refractivity contribution in [1.29, 1.82) is 0 Å². The number of aliphatic hydroxyl groups excluding tert-OH is 1. The maximum Gasteiger partial charge on any atom is 0.172 e. The van der Waals surface area contributed by atoms with Crippen LogP contribution in [0, 0.1) is 0 Å². The lowest BCUT2D eigenvalue weighted by atomic mass is 9.96. The first kappa shape index (κ1) is 9.87. The van der Waals surface area contributed by atoms with E-state index in [-0.39, 0.29) is 11.9 Å². The summed E-state index contributed by atoms with van der Waals surface area (Å²) in [5.41, 5.74) is 0.998. The molecule has 1 aromatic heterocycles.